The molecule has 0 amide bonds. The summed E-state index contributed by atoms with van der Waals surface area (Å²) in [6, 6.07) is 9.29. The van der Waals surface area contributed by atoms with Crippen LogP contribution in [0.1, 0.15) is 11.3 Å². The Morgan fingerprint density at radius 3 is 2.54 bits per heavy atom. The quantitative estimate of drug-likeness (QED) is 0.568. The van der Waals surface area contributed by atoms with Gasteiger partial charge in [0.2, 0.25) is 5.95 Å². The van der Waals surface area contributed by atoms with Gasteiger partial charge >= 0.3 is 5.69 Å². The minimum atomic E-state index is -0.488. The van der Waals surface area contributed by atoms with Gasteiger partial charge in [0.25, 0.3) is 5.56 Å². The zero-order chi connectivity index (χ0) is 19.8. The molecule has 0 unspecified atom stereocenters. The summed E-state index contributed by atoms with van der Waals surface area (Å²) in [7, 11) is 3.27. The van der Waals surface area contributed by atoms with Crippen LogP contribution in [0, 0.1) is 5.82 Å². The van der Waals surface area contributed by atoms with E-state index in [0.29, 0.717) is 23.6 Å². The van der Waals surface area contributed by atoms with Crippen LogP contribution in [0.2, 0.25) is 0 Å². The highest BCUT2D eigenvalue weighted by atomic mass is 19.1. The number of aromatic nitrogens is 4. The molecule has 0 saturated carbocycles. The van der Waals surface area contributed by atoms with E-state index in [1.807, 2.05) is 6.07 Å². The van der Waals surface area contributed by atoms with Crippen molar-refractivity contribution >= 4 is 17.1 Å². The Hall–Kier alpha value is -3.62. The summed E-state index contributed by atoms with van der Waals surface area (Å²) in [5.41, 5.74) is 0.292. The Morgan fingerprint density at radius 2 is 1.86 bits per heavy atom. The molecule has 4 rings (SSSR count). The van der Waals surface area contributed by atoms with Gasteiger partial charge in [-0.2, -0.15) is 4.98 Å². The van der Waals surface area contributed by atoms with Gasteiger partial charge < -0.3 is 14.3 Å². The number of rotatable bonds is 5. The van der Waals surface area contributed by atoms with Gasteiger partial charge in [-0.05, 0) is 29.8 Å². The molecule has 0 aliphatic carbocycles. The molecule has 3 aromatic heterocycles. The van der Waals surface area contributed by atoms with Crippen LogP contribution >= 0.6 is 0 Å². The lowest BCUT2D eigenvalue weighted by Gasteiger charge is -2.09. The first-order valence-corrected chi connectivity index (χ1v) is 8.62. The predicted molar refractivity (Wildman–Crippen MR) is 102 cm³/mol. The summed E-state index contributed by atoms with van der Waals surface area (Å²) in [5.74, 6) is 0.783. The van der Waals surface area contributed by atoms with Crippen LogP contribution < -0.4 is 16.6 Å². The molecular weight excluding hydrogens is 365 g/mol. The van der Waals surface area contributed by atoms with Crippen LogP contribution in [0.15, 0.2) is 56.7 Å². The van der Waals surface area contributed by atoms with E-state index < -0.39 is 11.2 Å². The van der Waals surface area contributed by atoms with Gasteiger partial charge in [0, 0.05) is 14.1 Å². The fourth-order valence-electron chi connectivity index (χ4n) is 3.09. The van der Waals surface area contributed by atoms with E-state index in [1.165, 1.54) is 16.7 Å². The monoisotopic (exact) mass is 383 g/mol. The summed E-state index contributed by atoms with van der Waals surface area (Å²) in [6.07, 6.45) is 1.57. The van der Waals surface area contributed by atoms with Crippen molar-refractivity contribution in [3.8, 4) is 0 Å². The van der Waals surface area contributed by atoms with E-state index in [1.54, 1.807) is 43.1 Å². The largest absolute Gasteiger partial charge is 0.467 e. The molecule has 0 spiro atoms. The lowest BCUT2D eigenvalue weighted by molar-refractivity contribution is 0.517. The molecule has 0 bridgehead atoms. The number of fused-ring (bicyclic) bond motifs is 1. The molecule has 28 heavy (non-hydrogen) atoms. The molecule has 0 aliphatic rings. The third-order valence-electron chi connectivity index (χ3n) is 4.61. The molecule has 0 radical (unpaired) electrons. The standard InChI is InChI=1S/C19H18FN5O3/c1-23-15-16(22-18(23)21-10-14-4-3-9-28-14)24(2)19(27)25(17(15)26)11-12-5-7-13(20)8-6-12/h3-9H,10-11H2,1-2H3,(H,21,22). The average molecular weight is 383 g/mol. The predicted octanol–water partition coefficient (Wildman–Crippen LogP) is 1.83. The van der Waals surface area contributed by atoms with Gasteiger partial charge in [0.15, 0.2) is 11.2 Å². The highest BCUT2D eigenvalue weighted by Gasteiger charge is 2.18. The average Bonchev–Trinajstić information content (AvgIpc) is 3.31. The number of furan rings is 1. The van der Waals surface area contributed by atoms with Crippen molar-refractivity contribution in [1.29, 1.82) is 0 Å². The van der Waals surface area contributed by atoms with Crippen molar-refractivity contribution in [2.45, 2.75) is 13.1 Å². The molecule has 8 nitrogen and oxygen atoms in total. The van der Waals surface area contributed by atoms with Crippen LogP contribution in [0.5, 0.6) is 0 Å². The summed E-state index contributed by atoms with van der Waals surface area (Å²) in [4.78, 5) is 30.1. The summed E-state index contributed by atoms with van der Waals surface area (Å²) >= 11 is 0. The van der Waals surface area contributed by atoms with Crippen molar-refractivity contribution in [2.75, 3.05) is 5.32 Å². The third kappa shape index (κ3) is 3.00. The van der Waals surface area contributed by atoms with Crippen molar-refractivity contribution in [1.82, 2.24) is 18.7 Å². The highest BCUT2D eigenvalue weighted by molar-refractivity contribution is 5.74. The maximum atomic E-state index is 13.1. The van der Waals surface area contributed by atoms with Gasteiger partial charge in [0.1, 0.15) is 11.6 Å². The fraction of sp³-hybridized carbons (Fsp3) is 0.211. The van der Waals surface area contributed by atoms with E-state index in [9.17, 15) is 14.0 Å². The van der Waals surface area contributed by atoms with Crippen molar-refractivity contribution in [2.24, 2.45) is 14.1 Å². The van der Waals surface area contributed by atoms with Crippen LogP contribution in [-0.4, -0.2) is 18.7 Å². The Bertz CT molecular complexity index is 1250. The Labute approximate surface area is 158 Å². The SMILES string of the molecule is Cn1c(NCc2ccco2)nc2c1c(=O)n(Cc1ccc(F)cc1)c(=O)n2C. The molecule has 144 valence electrons. The van der Waals surface area contributed by atoms with Crippen LogP contribution in [0.3, 0.4) is 0 Å². The van der Waals surface area contributed by atoms with Gasteiger partial charge in [-0.15, -0.1) is 0 Å². The minimum absolute atomic E-state index is 0.0437. The summed E-state index contributed by atoms with van der Waals surface area (Å²) in [6.45, 7) is 0.434. The summed E-state index contributed by atoms with van der Waals surface area (Å²) < 4.78 is 22.5. The number of imidazole rings is 1. The lowest BCUT2D eigenvalue weighted by Crippen LogP contribution is -2.39. The van der Waals surface area contributed by atoms with E-state index in [-0.39, 0.29) is 18.0 Å². The number of nitrogens with zero attached hydrogens (tertiary/aromatic N) is 4. The molecule has 0 saturated heterocycles. The normalized spacial score (nSPS) is 11.2. The van der Waals surface area contributed by atoms with E-state index in [0.717, 1.165) is 10.3 Å². The highest BCUT2D eigenvalue weighted by Crippen LogP contribution is 2.15. The number of hydrogen-bond donors (Lipinski definition) is 1. The number of aryl methyl sites for hydroxylation is 2. The number of halogens is 1. The Balaban J connectivity index is 1.77. The van der Waals surface area contributed by atoms with Crippen molar-refractivity contribution in [3.63, 3.8) is 0 Å². The van der Waals surface area contributed by atoms with Crippen molar-refractivity contribution in [3.05, 3.63) is 80.6 Å². The first kappa shape index (κ1) is 17.8. The Morgan fingerprint density at radius 1 is 1.11 bits per heavy atom. The second-order valence-corrected chi connectivity index (χ2v) is 6.46. The second kappa shape index (κ2) is 6.84. The van der Waals surface area contributed by atoms with Crippen molar-refractivity contribution < 1.29 is 8.81 Å². The second-order valence-electron chi connectivity index (χ2n) is 6.46. The first-order chi connectivity index (χ1) is 13.5. The number of anilines is 1. The minimum Gasteiger partial charge on any atom is -0.467 e. The molecular formula is C19H18FN5O3. The number of nitrogens with one attached hydrogen (secondary N) is 1. The third-order valence-corrected chi connectivity index (χ3v) is 4.61. The van der Waals surface area contributed by atoms with Crippen LogP contribution in [0.25, 0.3) is 11.2 Å². The fourth-order valence-corrected chi connectivity index (χ4v) is 3.09. The maximum absolute atomic E-state index is 13.1. The van der Waals surface area contributed by atoms with E-state index >= 15 is 0 Å². The molecule has 3 heterocycles. The number of hydrogen-bond acceptors (Lipinski definition) is 5. The van der Waals surface area contributed by atoms with Crippen LogP contribution in [0.4, 0.5) is 10.3 Å². The smallest absolute Gasteiger partial charge is 0.332 e. The molecule has 4 aromatic rings. The van der Waals surface area contributed by atoms with Gasteiger partial charge in [-0.1, -0.05) is 12.1 Å². The molecule has 0 fully saturated rings. The van der Waals surface area contributed by atoms with Gasteiger partial charge in [0.05, 0.1) is 19.4 Å². The van der Waals surface area contributed by atoms with Crippen LogP contribution in [-0.2, 0) is 27.2 Å². The number of benzene rings is 1. The van der Waals surface area contributed by atoms with E-state index in [2.05, 4.69) is 10.3 Å². The topological polar surface area (TPSA) is 87.0 Å². The van der Waals surface area contributed by atoms with Gasteiger partial charge in [-0.3, -0.25) is 13.9 Å². The molecule has 1 aromatic carbocycles. The van der Waals surface area contributed by atoms with E-state index in [4.69, 9.17) is 4.42 Å². The van der Waals surface area contributed by atoms with Gasteiger partial charge in [-0.25, -0.2) is 9.18 Å². The lowest BCUT2D eigenvalue weighted by atomic mass is 10.2. The molecule has 0 aliphatic heterocycles. The molecule has 0 atom stereocenters. The maximum Gasteiger partial charge on any atom is 0.332 e. The Kier molecular flexibility index (Phi) is 4.34. The molecule has 9 heteroatoms. The first-order valence-electron chi connectivity index (χ1n) is 8.62. The zero-order valence-corrected chi connectivity index (χ0v) is 15.3. The zero-order valence-electron chi connectivity index (χ0n) is 15.3. The molecule has 1 N–H and O–H groups in total. The summed E-state index contributed by atoms with van der Waals surface area (Å²) in [5, 5.41) is 3.11.